The molecule has 0 aromatic carbocycles. The molecule has 0 radical (unpaired) electrons. The molecule has 0 atom stereocenters. The van der Waals surface area contributed by atoms with E-state index in [0.717, 1.165) is 19.3 Å². The maximum absolute atomic E-state index is 11.3. The van der Waals surface area contributed by atoms with Crippen LogP contribution >= 0.6 is 11.3 Å². The Hall–Kier alpha value is -1.03. The van der Waals surface area contributed by atoms with E-state index in [1.54, 1.807) is 11.3 Å². The molecule has 0 aliphatic heterocycles. The van der Waals surface area contributed by atoms with Crippen LogP contribution in [0.25, 0.3) is 0 Å². The zero-order chi connectivity index (χ0) is 10.7. The fourth-order valence-electron chi connectivity index (χ4n) is 1.34. The summed E-state index contributed by atoms with van der Waals surface area (Å²) in [7, 11) is 0. The van der Waals surface area contributed by atoms with E-state index >= 15 is 0 Å². The van der Waals surface area contributed by atoms with Crippen molar-refractivity contribution < 1.29 is 4.79 Å². The fourth-order valence-corrected chi connectivity index (χ4v) is 2.24. The van der Waals surface area contributed by atoms with Crippen LogP contribution in [0.2, 0.25) is 0 Å². The molecule has 1 aliphatic rings. The summed E-state index contributed by atoms with van der Waals surface area (Å²) in [6.07, 6.45) is 3.33. The number of nitrogens with one attached hydrogen (secondary N) is 2. The van der Waals surface area contributed by atoms with Gasteiger partial charge in [-0.25, -0.2) is 4.79 Å². The van der Waals surface area contributed by atoms with Crippen LogP contribution in [0.1, 0.15) is 29.5 Å². The van der Waals surface area contributed by atoms with E-state index in [-0.39, 0.29) is 6.03 Å². The molecule has 4 heteroatoms. The van der Waals surface area contributed by atoms with Crippen LogP contribution in [0.15, 0.2) is 12.1 Å². The predicted molar refractivity (Wildman–Crippen MR) is 62.1 cm³/mol. The second-order valence-electron chi connectivity index (χ2n) is 3.82. The third kappa shape index (κ3) is 3.23. The fraction of sp³-hybridized carbons (Fsp3) is 0.545. The molecule has 82 valence electrons. The molecule has 2 rings (SSSR count). The van der Waals surface area contributed by atoms with Crippen molar-refractivity contribution in [1.82, 2.24) is 10.6 Å². The molecule has 0 unspecified atom stereocenters. The summed E-state index contributed by atoms with van der Waals surface area (Å²) in [5, 5.41) is 5.77. The second-order valence-corrected chi connectivity index (χ2v) is 5.08. The van der Waals surface area contributed by atoms with E-state index in [1.807, 2.05) is 0 Å². The van der Waals surface area contributed by atoms with Gasteiger partial charge in [0.05, 0.1) is 6.54 Å². The zero-order valence-electron chi connectivity index (χ0n) is 8.88. The minimum Gasteiger partial charge on any atom is -0.335 e. The molecule has 15 heavy (non-hydrogen) atoms. The molecule has 3 nitrogen and oxygen atoms in total. The van der Waals surface area contributed by atoms with Gasteiger partial charge in [-0.05, 0) is 31.4 Å². The topological polar surface area (TPSA) is 41.1 Å². The first-order valence-corrected chi connectivity index (χ1v) is 6.21. The van der Waals surface area contributed by atoms with Crippen LogP contribution in [-0.4, -0.2) is 12.1 Å². The first-order chi connectivity index (χ1) is 7.28. The van der Waals surface area contributed by atoms with Gasteiger partial charge < -0.3 is 10.6 Å². The summed E-state index contributed by atoms with van der Waals surface area (Å²) in [5.74, 6) is 0. The smallest absolute Gasteiger partial charge is 0.315 e. The van der Waals surface area contributed by atoms with Gasteiger partial charge in [-0.2, -0.15) is 0 Å². The maximum atomic E-state index is 11.3. The number of rotatable bonds is 4. The van der Waals surface area contributed by atoms with E-state index in [1.165, 1.54) is 9.75 Å². The number of thiophene rings is 1. The highest BCUT2D eigenvalue weighted by Gasteiger charge is 2.22. The molecule has 2 amide bonds. The van der Waals surface area contributed by atoms with Gasteiger partial charge in [0.15, 0.2) is 0 Å². The number of amides is 2. The van der Waals surface area contributed by atoms with Crippen molar-refractivity contribution in [3.8, 4) is 0 Å². The molecule has 0 saturated heterocycles. The van der Waals surface area contributed by atoms with E-state index in [9.17, 15) is 4.79 Å². The lowest BCUT2D eigenvalue weighted by molar-refractivity contribution is 0.240. The Morgan fingerprint density at radius 1 is 1.47 bits per heavy atom. The van der Waals surface area contributed by atoms with Gasteiger partial charge >= 0.3 is 6.03 Å². The van der Waals surface area contributed by atoms with Gasteiger partial charge in [0, 0.05) is 15.8 Å². The number of hydrogen-bond donors (Lipinski definition) is 2. The predicted octanol–water partition coefficient (Wildman–Crippen LogP) is 2.27. The zero-order valence-corrected chi connectivity index (χ0v) is 9.69. The molecule has 1 aromatic heterocycles. The lowest BCUT2D eigenvalue weighted by Crippen LogP contribution is -2.36. The quantitative estimate of drug-likeness (QED) is 0.809. The molecular formula is C11H16N2OS. The number of hydrogen-bond acceptors (Lipinski definition) is 2. The van der Waals surface area contributed by atoms with Crippen LogP contribution in [0.4, 0.5) is 4.79 Å². The molecule has 1 aliphatic carbocycles. The van der Waals surface area contributed by atoms with E-state index in [4.69, 9.17) is 0 Å². The summed E-state index contributed by atoms with van der Waals surface area (Å²) in [4.78, 5) is 13.9. The normalized spacial score (nSPS) is 15.0. The molecule has 1 aromatic rings. The Morgan fingerprint density at radius 2 is 2.20 bits per heavy atom. The molecular weight excluding hydrogens is 208 g/mol. The van der Waals surface area contributed by atoms with Gasteiger partial charge in [0.1, 0.15) is 0 Å². The highest BCUT2D eigenvalue weighted by molar-refractivity contribution is 7.11. The maximum Gasteiger partial charge on any atom is 0.315 e. The number of carbonyl (C=O) groups excluding carboxylic acids is 1. The van der Waals surface area contributed by atoms with Gasteiger partial charge in [-0.1, -0.05) is 6.92 Å². The summed E-state index contributed by atoms with van der Waals surface area (Å²) < 4.78 is 0. The standard InChI is InChI=1S/C11H16N2OS/c1-2-9-5-6-10(15-9)7-12-11(14)13-8-3-4-8/h5-6,8H,2-4,7H2,1H3,(H2,12,13,14). The first-order valence-electron chi connectivity index (χ1n) is 5.40. The average molecular weight is 224 g/mol. The summed E-state index contributed by atoms with van der Waals surface area (Å²) in [5.41, 5.74) is 0. The number of carbonyl (C=O) groups is 1. The third-order valence-electron chi connectivity index (χ3n) is 2.40. The van der Waals surface area contributed by atoms with Crippen LogP contribution in [-0.2, 0) is 13.0 Å². The third-order valence-corrected chi connectivity index (χ3v) is 3.63. The lowest BCUT2D eigenvalue weighted by Gasteiger charge is -2.04. The van der Waals surface area contributed by atoms with Gasteiger partial charge in [-0.3, -0.25) is 0 Å². The molecule has 2 N–H and O–H groups in total. The Kier molecular flexibility index (Phi) is 3.26. The van der Waals surface area contributed by atoms with Gasteiger partial charge in [-0.15, -0.1) is 11.3 Å². The Balaban J connectivity index is 1.73. The number of urea groups is 1. The van der Waals surface area contributed by atoms with Crippen molar-refractivity contribution >= 4 is 17.4 Å². The van der Waals surface area contributed by atoms with Crippen molar-refractivity contribution in [1.29, 1.82) is 0 Å². The van der Waals surface area contributed by atoms with Crippen LogP contribution in [0, 0.1) is 0 Å². The molecule has 0 bridgehead atoms. The van der Waals surface area contributed by atoms with Crippen molar-refractivity contribution in [2.24, 2.45) is 0 Å². The van der Waals surface area contributed by atoms with Gasteiger partial charge in [0.25, 0.3) is 0 Å². The van der Waals surface area contributed by atoms with Crippen LogP contribution in [0.5, 0.6) is 0 Å². The summed E-state index contributed by atoms with van der Waals surface area (Å²) >= 11 is 1.77. The Labute approximate surface area is 93.9 Å². The van der Waals surface area contributed by atoms with E-state index in [0.29, 0.717) is 12.6 Å². The first kappa shape index (κ1) is 10.5. The van der Waals surface area contributed by atoms with Crippen molar-refractivity contribution in [2.45, 2.75) is 38.8 Å². The summed E-state index contributed by atoms with van der Waals surface area (Å²) in [6.45, 7) is 2.78. The van der Waals surface area contributed by atoms with Crippen LogP contribution < -0.4 is 10.6 Å². The Morgan fingerprint density at radius 3 is 2.80 bits per heavy atom. The van der Waals surface area contributed by atoms with E-state index in [2.05, 4.69) is 29.7 Å². The Bertz CT molecular complexity index is 344. The minimum absolute atomic E-state index is 0.0380. The molecule has 0 spiro atoms. The van der Waals surface area contributed by atoms with Gasteiger partial charge in [0.2, 0.25) is 0 Å². The molecule has 1 heterocycles. The van der Waals surface area contributed by atoms with Crippen LogP contribution in [0.3, 0.4) is 0 Å². The van der Waals surface area contributed by atoms with Crippen molar-refractivity contribution in [3.63, 3.8) is 0 Å². The minimum atomic E-state index is -0.0380. The SMILES string of the molecule is CCc1ccc(CNC(=O)NC2CC2)s1. The second kappa shape index (κ2) is 4.66. The van der Waals surface area contributed by atoms with Crippen molar-refractivity contribution in [2.75, 3.05) is 0 Å². The summed E-state index contributed by atoms with van der Waals surface area (Å²) in [6, 6.07) is 4.60. The highest BCUT2D eigenvalue weighted by atomic mass is 32.1. The molecule has 1 saturated carbocycles. The van der Waals surface area contributed by atoms with E-state index < -0.39 is 0 Å². The largest absolute Gasteiger partial charge is 0.335 e. The molecule has 1 fully saturated rings. The number of aryl methyl sites for hydroxylation is 1. The lowest BCUT2D eigenvalue weighted by atomic mass is 10.4. The monoisotopic (exact) mass is 224 g/mol. The van der Waals surface area contributed by atoms with Crippen molar-refractivity contribution in [3.05, 3.63) is 21.9 Å². The average Bonchev–Trinajstić information content (AvgIpc) is 2.92. The highest BCUT2D eigenvalue weighted by Crippen LogP contribution is 2.19.